The smallest absolute Gasteiger partial charge is 0.383 e. The molecule has 3 atom stereocenters. The van der Waals surface area contributed by atoms with Crippen LogP contribution >= 0.6 is 23.4 Å². The highest BCUT2D eigenvalue weighted by Gasteiger charge is 2.48. The number of carbonyl (C=O) groups excluding carboxylic acids is 1. The summed E-state index contributed by atoms with van der Waals surface area (Å²) in [5.41, 5.74) is 0.409. The molecular weight excluding hydrogens is 448 g/mol. The minimum absolute atomic E-state index is 0.0236. The van der Waals surface area contributed by atoms with Gasteiger partial charge < -0.3 is 10.1 Å². The van der Waals surface area contributed by atoms with E-state index in [1.54, 1.807) is 6.92 Å². The molecular formula is C18H17ClF4N4O2S. The topological polar surface area (TPSA) is 66.3 Å². The van der Waals surface area contributed by atoms with E-state index < -0.39 is 35.0 Å². The fourth-order valence-corrected chi connectivity index (χ4v) is 4.09. The number of halogens is 5. The number of nitrogens with one attached hydrogen (secondary N) is 1. The van der Waals surface area contributed by atoms with Gasteiger partial charge in [0.05, 0.1) is 12.6 Å². The largest absolute Gasteiger partial charge is 0.441 e. The average molecular weight is 465 g/mol. The quantitative estimate of drug-likeness (QED) is 0.512. The van der Waals surface area contributed by atoms with Crippen LogP contribution in [0.5, 0.6) is 0 Å². The number of hydrogen-bond donors (Lipinski definition) is 1. The van der Waals surface area contributed by atoms with Crippen molar-refractivity contribution in [3.63, 3.8) is 0 Å². The number of carbonyl (C=O) groups is 1. The fraction of sp³-hybridized carbons (Fsp3) is 0.389. The normalized spacial score (nSPS) is 22.2. The number of methoxy groups -OCH3 is 1. The molecule has 6 nitrogen and oxygen atoms in total. The van der Waals surface area contributed by atoms with Gasteiger partial charge in [-0.3, -0.25) is 4.79 Å². The molecule has 30 heavy (non-hydrogen) atoms. The zero-order valence-electron chi connectivity index (χ0n) is 15.8. The first-order valence-electron chi connectivity index (χ1n) is 8.73. The SMILES string of the molecule is COCC(C)NC(=O)/C=C/C1C(c2ccc(F)cc2Cl)N=C2SC(C(F)(F)F)=NN21. The van der Waals surface area contributed by atoms with Crippen molar-refractivity contribution >= 4 is 39.5 Å². The molecule has 12 heteroatoms. The number of fused-ring (bicyclic) bond motifs is 1. The molecule has 0 fully saturated rings. The van der Waals surface area contributed by atoms with Crippen LogP contribution in [-0.2, 0) is 9.53 Å². The molecule has 0 spiro atoms. The van der Waals surface area contributed by atoms with Gasteiger partial charge in [0.15, 0.2) is 5.17 Å². The summed E-state index contributed by atoms with van der Waals surface area (Å²) in [6, 6.07) is 1.82. The minimum atomic E-state index is -4.62. The van der Waals surface area contributed by atoms with Crippen molar-refractivity contribution in [3.8, 4) is 0 Å². The first-order chi connectivity index (χ1) is 14.1. The van der Waals surface area contributed by atoms with Crippen LogP contribution in [0.25, 0.3) is 0 Å². The molecule has 0 bridgehead atoms. The highest BCUT2D eigenvalue weighted by Crippen LogP contribution is 2.43. The summed E-state index contributed by atoms with van der Waals surface area (Å²) in [5, 5.41) is 6.44. The number of benzene rings is 1. The van der Waals surface area contributed by atoms with Gasteiger partial charge in [0.2, 0.25) is 11.0 Å². The first-order valence-corrected chi connectivity index (χ1v) is 9.93. The maximum absolute atomic E-state index is 13.4. The van der Waals surface area contributed by atoms with Gasteiger partial charge in [-0.25, -0.2) is 14.4 Å². The van der Waals surface area contributed by atoms with E-state index in [4.69, 9.17) is 16.3 Å². The zero-order valence-corrected chi connectivity index (χ0v) is 17.4. The lowest BCUT2D eigenvalue weighted by Gasteiger charge is -2.21. The predicted molar refractivity (Wildman–Crippen MR) is 107 cm³/mol. The molecule has 1 N–H and O–H groups in total. The Morgan fingerprint density at radius 3 is 2.83 bits per heavy atom. The maximum Gasteiger partial charge on any atom is 0.441 e. The van der Waals surface area contributed by atoms with Crippen LogP contribution in [0.4, 0.5) is 17.6 Å². The number of thioether (sulfide) groups is 1. The van der Waals surface area contributed by atoms with E-state index in [2.05, 4.69) is 15.4 Å². The average Bonchev–Trinajstić information content (AvgIpc) is 3.18. The second kappa shape index (κ2) is 8.94. The molecule has 0 saturated carbocycles. The van der Waals surface area contributed by atoms with Gasteiger partial charge in [-0.15, -0.1) is 0 Å². The number of aliphatic imine (C=N–C) groups is 1. The van der Waals surface area contributed by atoms with E-state index in [9.17, 15) is 22.4 Å². The van der Waals surface area contributed by atoms with Crippen LogP contribution in [-0.4, -0.2) is 53.1 Å². The number of amides is 1. The van der Waals surface area contributed by atoms with E-state index in [0.717, 1.165) is 11.1 Å². The van der Waals surface area contributed by atoms with Crippen molar-refractivity contribution < 1.29 is 27.1 Å². The third kappa shape index (κ3) is 4.96. The van der Waals surface area contributed by atoms with Crippen molar-refractivity contribution in [1.82, 2.24) is 10.3 Å². The molecule has 3 unspecified atom stereocenters. The number of ether oxygens (including phenoxy) is 1. The van der Waals surface area contributed by atoms with Crippen LogP contribution in [0, 0.1) is 5.82 Å². The second-order valence-electron chi connectivity index (χ2n) is 6.59. The first kappa shape index (κ1) is 22.6. The van der Waals surface area contributed by atoms with Crippen LogP contribution in [0.1, 0.15) is 18.5 Å². The Bertz CT molecular complexity index is 922. The van der Waals surface area contributed by atoms with Gasteiger partial charge in [-0.2, -0.15) is 18.3 Å². The number of alkyl halides is 3. The molecule has 2 aliphatic rings. The summed E-state index contributed by atoms with van der Waals surface area (Å²) in [4.78, 5) is 16.5. The number of hydrazone groups is 1. The lowest BCUT2D eigenvalue weighted by Crippen LogP contribution is -2.35. The Hall–Kier alpha value is -2.11. The Morgan fingerprint density at radius 1 is 1.47 bits per heavy atom. The molecule has 0 saturated heterocycles. The van der Waals surface area contributed by atoms with E-state index in [1.165, 1.54) is 31.4 Å². The highest BCUT2D eigenvalue weighted by atomic mass is 35.5. The fourth-order valence-electron chi connectivity index (χ4n) is 2.97. The number of hydrogen-bond acceptors (Lipinski definition) is 6. The van der Waals surface area contributed by atoms with Crippen LogP contribution in [0.2, 0.25) is 5.02 Å². The van der Waals surface area contributed by atoms with E-state index in [-0.39, 0.29) is 16.2 Å². The maximum atomic E-state index is 13.4. The second-order valence-corrected chi connectivity index (χ2v) is 7.95. The summed E-state index contributed by atoms with van der Waals surface area (Å²) >= 11 is 6.52. The summed E-state index contributed by atoms with van der Waals surface area (Å²) in [7, 11) is 1.49. The van der Waals surface area contributed by atoms with Crippen molar-refractivity contribution in [2.24, 2.45) is 10.1 Å². The van der Waals surface area contributed by atoms with Crippen LogP contribution in [0.15, 0.2) is 40.4 Å². The minimum Gasteiger partial charge on any atom is -0.383 e. The molecule has 1 aromatic rings. The predicted octanol–water partition coefficient (Wildman–Crippen LogP) is 3.89. The molecule has 162 valence electrons. The van der Waals surface area contributed by atoms with Crippen LogP contribution < -0.4 is 5.32 Å². The van der Waals surface area contributed by atoms with Gasteiger partial charge >= 0.3 is 6.18 Å². The van der Waals surface area contributed by atoms with Gasteiger partial charge in [-0.05, 0) is 36.4 Å². The number of amidine groups is 1. The Kier molecular flexibility index (Phi) is 6.73. The molecule has 2 heterocycles. The van der Waals surface area contributed by atoms with E-state index >= 15 is 0 Å². The van der Waals surface area contributed by atoms with E-state index in [1.807, 2.05) is 0 Å². The third-order valence-corrected chi connectivity index (χ3v) is 5.52. The molecule has 0 aromatic heterocycles. The van der Waals surface area contributed by atoms with E-state index in [0.29, 0.717) is 23.9 Å². The van der Waals surface area contributed by atoms with Crippen molar-refractivity contribution in [1.29, 1.82) is 0 Å². The summed E-state index contributed by atoms with van der Waals surface area (Å²) in [6.45, 7) is 2.04. The zero-order chi connectivity index (χ0) is 22.1. The monoisotopic (exact) mass is 464 g/mol. The lowest BCUT2D eigenvalue weighted by molar-refractivity contribution is -0.117. The molecule has 0 aliphatic carbocycles. The Labute approximate surface area is 179 Å². The summed E-state index contributed by atoms with van der Waals surface area (Å²) < 4.78 is 57.6. The lowest BCUT2D eigenvalue weighted by atomic mass is 10.00. The van der Waals surface area contributed by atoms with Crippen molar-refractivity contribution in [2.45, 2.75) is 31.2 Å². The van der Waals surface area contributed by atoms with Crippen molar-refractivity contribution in [2.75, 3.05) is 13.7 Å². The third-order valence-electron chi connectivity index (χ3n) is 4.21. The van der Waals surface area contributed by atoms with Gasteiger partial charge in [0.25, 0.3) is 0 Å². The molecule has 2 aliphatic heterocycles. The molecule has 1 aromatic carbocycles. The van der Waals surface area contributed by atoms with Crippen LogP contribution in [0.3, 0.4) is 0 Å². The Balaban J connectivity index is 1.89. The number of rotatable bonds is 6. The summed E-state index contributed by atoms with van der Waals surface area (Å²) in [5.74, 6) is -1.01. The molecule has 3 rings (SSSR count). The van der Waals surface area contributed by atoms with Crippen molar-refractivity contribution in [3.05, 3.63) is 46.8 Å². The van der Waals surface area contributed by atoms with Gasteiger partial charge in [-0.1, -0.05) is 23.7 Å². The van der Waals surface area contributed by atoms with Gasteiger partial charge in [0.1, 0.15) is 11.9 Å². The molecule has 0 radical (unpaired) electrons. The van der Waals surface area contributed by atoms with Gasteiger partial charge in [0, 0.05) is 24.3 Å². The highest BCUT2D eigenvalue weighted by molar-refractivity contribution is 8.27. The standard InChI is InChI=1S/C18H17ClF4N4O2S/c1-9(8-29-2)24-14(28)6-5-13-15(11-4-3-10(20)7-12(11)19)25-17-27(13)26-16(30-17)18(21,22)23/h3-7,9,13,15H,8H2,1-2H3,(H,24,28)/b6-5+. The summed E-state index contributed by atoms with van der Waals surface area (Å²) in [6.07, 6.45) is -2.02. The number of nitrogens with zero attached hydrogens (tertiary/aromatic N) is 3. The Morgan fingerprint density at radius 2 is 2.20 bits per heavy atom. The molecule has 1 amide bonds.